The fourth-order valence-corrected chi connectivity index (χ4v) is 5.49. The first-order valence-corrected chi connectivity index (χ1v) is 12.0. The Kier molecular flexibility index (Phi) is 7.16. The molecule has 1 saturated carbocycles. The van der Waals surface area contributed by atoms with Gasteiger partial charge >= 0.3 is 0 Å². The molecule has 2 amide bonds. The summed E-state index contributed by atoms with van der Waals surface area (Å²) in [5.74, 6) is 2.28. The third-order valence-electron chi connectivity index (χ3n) is 7.51. The molecule has 31 heavy (non-hydrogen) atoms. The van der Waals surface area contributed by atoms with Crippen molar-refractivity contribution in [3.63, 3.8) is 0 Å². The Hall–Kier alpha value is -2.08. The van der Waals surface area contributed by atoms with Gasteiger partial charge in [0.2, 0.25) is 5.91 Å². The lowest BCUT2D eigenvalue weighted by Gasteiger charge is -2.43. The Bertz CT molecular complexity index is 761. The van der Waals surface area contributed by atoms with Crippen molar-refractivity contribution in [3.8, 4) is 5.75 Å². The number of carbonyl (C=O) groups is 2. The van der Waals surface area contributed by atoms with Crippen LogP contribution in [0.3, 0.4) is 0 Å². The molecule has 6 heteroatoms. The van der Waals surface area contributed by atoms with E-state index in [0.717, 1.165) is 57.8 Å². The summed E-state index contributed by atoms with van der Waals surface area (Å²) >= 11 is 0. The predicted octanol–water partition coefficient (Wildman–Crippen LogP) is 3.27. The average Bonchev–Trinajstić information content (AvgIpc) is 3.34. The first kappa shape index (κ1) is 22.1. The lowest BCUT2D eigenvalue weighted by molar-refractivity contribution is -0.141. The van der Waals surface area contributed by atoms with E-state index in [2.05, 4.69) is 16.7 Å². The molecule has 2 aliphatic heterocycles. The highest BCUT2D eigenvalue weighted by Crippen LogP contribution is 2.33. The molecule has 0 N–H and O–H groups in total. The molecule has 6 nitrogen and oxygen atoms in total. The molecular weight excluding hydrogens is 390 g/mol. The van der Waals surface area contributed by atoms with Crippen molar-refractivity contribution >= 4 is 11.8 Å². The number of hydrogen-bond donors (Lipinski definition) is 0. The molecule has 0 spiro atoms. The summed E-state index contributed by atoms with van der Waals surface area (Å²) in [5.41, 5.74) is 0.665. The van der Waals surface area contributed by atoms with Gasteiger partial charge < -0.3 is 14.5 Å². The lowest BCUT2D eigenvalue weighted by atomic mass is 9.92. The molecule has 0 radical (unpaired) electrons. The fraction of sp³-hybridized carbons (Fsp3) is 0.680. The van der Waals surface area contributed by atoms with Crippen LogP contribution in [0, 0.1) is 11.8 Å². The number of hydrogen-bond acceptors (Lipinski definition) is 4. The largest absolute Gasteiger partial charge is 0.497 e. The summed E-state index contributed by atoms with van der Waals surface area (Å²) < 4.78 is 5.27. The predicted molar refractivity (Wildman–Crippen MR) is 121 cm³/mol. The van der Waals surface area contributed by atoms with Crippen LogP contribution in [0.1, 0.15) is 55.8 Å². The van der Waals surface area contributed by atoms with Gasteiger partial charge in [-0.3, -0.25) is 14.5 Å². The minimum absolute atomic E-state index is 0.00928. The van der Waals surface area contributed by atoms with Crippen LogP contribution >= 0.6 is 0 Å². The van der Waals surface area contributed by atoms with Crippen molar-refractivity contribution in [2.24, 2.45) is 11.8 Å². The summed E-state index contributed by atoms with van der Waals surface area (Å²) in [4.78, 5) is 33.0. The Morgan fingerprint density at radius 2 is 1.61 bits per heavy atom. The maximum absolute atomic E-state index is 13.6. The summed E-state index contributed by atoms with van der Waals surface area (Å²) in [6.45, 7) is 6.97. The summed E-state index contributed by atoms with van der Waals surface area (Å²) in [7, 11) is 1.62. The zero-order chi connectivity index (χ0) is 21.8. The highest BCUT2D eigenvalue weighted by Gasteiger charge is 2.39. The van der Waals surface area contributed by atoms with Crippen LogP contribution in [0.15, 0.2) is 24.3 Å². The van der Waals surface area contributed by atoms with E-state index in [1.54, 1.807) is 13.2 Å². The zero-order valence-electron chi connectivity index (χ0n) is 19.1. The number of rotatable bonds is 5. The molecule has 0 aromatic heterocycles. The van der Waals surface area contributed by atoms with Crippen LogP contribution in [0.4, 0.5) is 0 Å². The van der Waals surface area contributed by atoms with Crippen molar-refractivity contribution in [2.45, 2.75) is 51.5 Å². The minimum atomic E-state index is -0.00928. The standard InChI is InChI=1S/C25H37N3O3/c1-19-10-12-27(13-11-19)25(30)23(20-6-3-4-7-20)26-14-16-28(17-15-26)24(29)21-8-5-9-22(18-21)31-2/h5,8-9,18-20,23H,3-4,6-7,10-17H2,1-2H3. The van der Waals surface area contributed by atoms with E-state index in [0.29, 0.717) is 36.2 Å². The summed E-state index contributed by atoms with van der Waals surface area (Å²) in [5, 5.41) is 0. The molecule has 1 aliphatic carbocycles. The van der Waals surface area contributed by atoms with Gasteiger partial charge in [0, 0.05) is 44.8 Å². The molecule has 1 aromatic carbocycles. The molecule has 1 unspecified atom stereocenters. The number of benzene rings is 1. The van der Waals surface area contributed by atoms with Gasteiger partial charge in [-0.1, -0.05) is 25.8 Å². The van der Waals surface area contributed by atoms with Gasteiger partial charge in [-0.05, 0) is 55.7 Å². The monoisotopic (exact) mass is 427 g/mol. The van der Waals surface area contributed by atoms with E-state index in [-0.39, 0.29) is 11.9 Å². The van der Waals surface area contributed by atoms with Crippen LogP contribution in [0.25, 0.3) is 0 Å². The Balaban J connectivity index is 1.41. The quantitative estimate of drug-likeness (QED) is 0.724. The number of nitrogens with zero attached hydrogens (tertiary/aromatic N) is 3. The van der Waals surface area contributed by atoms with Crippen LogP contribution < -0.4 is 4.74 Å². The highest BCUT2D eigenvalue weighted by atomic mass is 16.5. The summed E-state index contributed by atoms with van der Waals surface area (Å²) in [6, 6.07) is 7.35. The molecule has 1 aromatic rings. The van der Waals surface area contributed by atoms with E-state index in [1.165, 1.54) is 12.8 Å². The smallest absolute Gasteiger partial charge is 0.254 e. The number of likely N-dealkylation sites (tertiary alicyclic amines) is 1. The second kappa shape index (κ2) is 10.0. The average molecular weight is 428 g/mol. The van der Waals surface area contributed by atoms with Crippen molar-refractivity contribution in [1.29, 1.82) is 0 Å². The molecule has 0 bridgehead atoms. The number of amides is 2. The number of carbonyl (C=O) groups excluding carboxylic acids is 2. The van der Waals surface area contributed by atoms with E-state index < -0.39 is 0 Å². The van der Waals surface area contributed by atoms with Gasteiger partial charge in [0.15, 0.2) is 0 Å². The zero-order valence-corrected chi connectivity index (χ0v) is 19.1. The topological polar surface area (TPSA) is 53.1 Å². The fourth-order valence-electron chi connectivity index (χ4n) is 5.49. The molecule has 2 heterocycles. The maximum Gasteiger partial charge on any atom is 0.254 e. The lowest BCUT2D eigenvalue weighted by Crippen LogP contribution is -2.59. The van der Waals surface area contributed by atoms with Gasteiger partial charge in [0.1, 0.15) is 5.75 Å². The van der Waals surface area contributed by atoms with E-state index in [9.17, 15) is 9.59 Å². The molecule has 170 valence electrons. The number of piperidine rings is 1. The Labute approximate surface area is 186 Å². The number of ether oxygens (including phenoxy) is 1. The number of methoxy groups -OCH3 is 1. The number of piperazine rings is 1. The maximum atomic E-state index is 13.6. The molecule has 3 aliphatic rings. The SMILES string of the molecule is COc1cccc(C(=O)N2CCN(C(C(=O)N3CCC(C)CC3)C3CCCC3)CC2)c1. The van der Waals surface area contributed by atoms with Crippen molar-refractivity contribution in [2.75, 3.05) is 46.4 Å². The van der Waals surface area contributed by atoms with Crippen LogP contribution in [-0.2, 0) is 4.79 Å². The molecular formula is C25H37N3O3. The third-order valence-corrected chi connectivity index (χ3v) is 7.51. The third kappa shape index (κ3) is 5.05. The molecule has 3 fully saturated rings. The van der Waals surface area contributed by atoms with Crippen molar-refractivity contribution in [3.05, 3.63) is 29.8 Å². The van der Waals surface area contributed by atoms with Crippen LogP contribution in [0.5, 0.6) is 5.75 Å². The van der Waals surface area contributed by atoms with Crippen molar-refractivity contribution in [1.82, 2.24) is 14.7 Å². The van der Waals surface area contributed by atoms with Crippen LogP contribution in [-0.4, -0.2) is 78.9 Å². The first-order valence-electron chi connectivity index (χ1n) is 12.0. The minimum Gasteiger partial charge on any atom is -0.497 e. The molecule has 4 rings (SSSR count). The van der Waals surface area contributed by atoms with E-state index in [4.69, 9.17) is 4.74 Å². The normalized spacial score (nSPS) is 22.5. The Morgan fingerprint density at radius 3 is 2.26 bits per heavy atom. The Morgan fingerprint density at radius 1 is 0.935 bits per heavy atom. The first-order chi connectivity index (χ1) is 15.1. The van der Waals surface area contributed by atoms with Gasteiger partial charge in [0.05, 0.1) is 13.2 Å². The van der Waals surface area contributed by atoms with E-state index >= 15 is 0 Å². The van der Waals surface area contributed by atoms with Gasteiger partial charge in [-0.25, -0.2) is 0 Å². The molecule has 1 atom stereocenters. The second-order valence-electron chi connectivity index (χ2n) is 9.56. The molecule has 2 saturated heterocycles. The van der Waals surface area contributed by atoms with Crippen molar-refractivity contribution < 1.29 is 14.3 Å². The van der Waals surface area contributed by atoms with Gasteiger partial charge in [-0.15, -0.1) is 0 Å². The van der Waals surface area contributed by atoms with Crippen LogP contribution in [0.2, 0.25) is 0 Å². The van der Waals surface area contributed by atoms with Gasteiger partial charge in [-0.2, -0.15) is 0 Å². The summed E-state index contributed by atoms with van der Waals surface area (Å²) in [6.07, 6.45) is 7.02. The van der Waals surface area contributed by atoms with E-state index in [1.807, 2.05) is 23.1 Å². The van der Waals surface area contributed by atoms with Gasteiger partial charge in [0.25, 0.3) is 5.91 Å². The highest BCUT2D eigenvalue weighted by molar-refractivity contribution is 5.94. The second-order valence-corrected chi connectivity index (χ2v) is 9.56.